The predicted octanol–water partition coefficient (Wildman–Crippen LogP) is 2.28. The molecule has 2 heterocycles. The van der Waals surface area contributed by atoms with Gasteiger partial charge in [-0.3, -0.25) is 0 Å². The summed E-state index contributed by atoms with van der Waals surface area (Å²) in [6.45, 7) is 4.82. The van der Waals surface area contributed by atoms with E-state index in [1.807, 2.05) is 23.8 Å². The number of hydrogen-bond acceptors (Lipinski definition) is 3. The average molecular weight is 220 g/mol. The Morgan fingerprint density at radius 3 is 3.00 bits per heavy atom. The summed E-state index contributed by atoms with van der Waals surface area (Å²) < 4.78 is 7.15. The Hall–Kier alpha value is -1.55. The largest absolute Gasteiger partial charge is 0.469 e. The molecule has 2 aromatic rings. The van der Waals surface area contributed by atoms with Crippen LogP contribution in [0.1, 0.15) is 36.6 Å². The molecule has 1 unspecified atom stereocenters. The summed E-state index contributed by atoms with van der Waals surface area (Å²) in [5, 5.41) is 10.2. The fourth-order valence-corrected chi connectivity index (χ4v) is 1.75. The Balaban J connectivity index is 2.26. The minimum Gasteiger partial charge on any atom is -0.469 e. The van der Waals surface area contributed by atoms with Crippen molar-refractivity contribution < 1.29 is 9.52 Å². The van der Waals surface area contributed by atoms with Crippen molar-refractivity contribution in [3.8, 4) is 0 Å². The molecule has 0 aromatic carbocycles. The maximum atomic E-state index is 10.2. The van der Waals surface area contributed by atoms with Gasteiger partial charge in [0.2, 0.25) is 0 Å². The topological polar surface area (TPSA) is 51.2 Å². The maximum absolute atomic E-state index is 10.2. The lowest BCUT2D eigenvalue weighted by Crippen LogP contribution is -2.09. The Labute approximate surface area is 94.5 Å². The van der Waals surface area contributed by atoms with Crippen LogP contribution >= 0.6 is 0 Å². The fraction of sp³-hybridized carbons (Fsp3) is 0.417. The first kappa shape index (κ1) is 11.0. The molecular formula is C12H16N2O2. The van der Waals surface area contributed by atoms with Crippen molar-refractivity contribution in [3.63, 3.8) is 0 Å². The van der Waals surface area contributed by atoms with E-state index in [-0.39, 0.29) is 0 Å². The highest BCUT2D eigenvalue weighted by Crippen LogP contribution is 2.22. The third kappa shape index (κ3) is 2.02. The third-order valence-electron chi connectivity index (χ3n) is 2.52. The van der Waals surface area contributed by atoms with Crippen molar-refractivity contribution >= 4 is 0 Å². The molecule has 16 heavy (non-hydrogen) atoms. The summed E-state index contributed by atoms with van der Waals surface area (Å²) in [6.07, 6.45) is 5.47. The second kappa shape index (κ2) is 4.53. The standard InChI is InChI=1S/C12H16N2O2/c1-3-5-14-6-4-13-12(14)11(15)10-7-9(2)16-8-10/h4,6-8,11,15H,3,5H2,1-2H3. The summed E-state index contributed by atoms with van der Waals surface area (Å²) in [5.41, 5.74) is 0.751. The van der Waals surface area contributed by atoms with E-state index < -0.39 is 6.10 Å². The van der Waals surface area contributed by atoms with Crippen LogP contribution in [-0.2, 0) is 6.54 Å². The Kier molecular flexibility index (Phi) is 3.10. The van der Waals surface area contributed by atoms with Crippen LogP contribution in [0.25, 0.3) is 0 Å². The number of aliphatic hydroxyl groups is 1. The van der Waals surface area contributed by atoms with Crippen LogP contribution in [0.15, 0.2) is 29.1 Å². The first-order valence-electron chi connectivity index (χ1n) is 5.46. The molecule has 0 aliphatic rings. The fourth-order valence-electron chi connectivity index (χ4n) is 1.75. The molecule has 4 nitrogen and oxygen atoms in total. The van der Waals surface area contributed by atoms with Crippen LogP contribution in [0.3, 0.4) is 0 Å². The van der Waals surface area contributed by atoms with E-state index in [2.05, 4.69) is 11.9 Å². The van der Waals surface area contributed by atoms with E-state index in [4.69, 9.17) is 4.42 Å². The molecule has 0 saturated carbocycles. The lowest BCUT2D eigenvalue weighted by Gasteiger charge is -2.10. The van der Waals surface area contributed by atoms with Gasteiger partial charge in [-0.2, -0.15) is 0 Å². The van der Waals surface area contributed by atoms with E-state index >= 15 is 0 Å². The summed E-state index contributed by atoms with van der Waals surface area (Å²) in [4.78, 5) is 4.19. The number of aryl methyl sites for hydroxylation is 2. The summed E-state index contributed by atoms with van der Waals surface area (Å²) >= 11 is 0. The zero-order valence-electron chi connectivity index (χ0n) is 9.55. The van der Waals surface area contributed by atoms with E-state index in [1.165, 1.54) is 0 Å². The Morgan fingerprint density at radius 2 is 2.38 bits per heavy atom. The monoisotopic (exact) mass is 220 g/mol. The quantitative estimate of drug-likeness (QED) is 0.860. The highest BCUT2D eigenvalue weighted by Gasteiger charge is 2.17. The zero-order chi connectivity index (χ0) is 11.5. The molecule has 0 bridgehead atoms. The van der Waals surface area contributed by atoms with Crippen LogP contribution in [0, 0.1) is 6.92 Å². The molecule has 0 aliphatic heterocycles. The molecule has 4 heteroatoms. The number of hydrogen-bond donors (Lipinski definition) is 1. The molecule has 0 saturated heterocycles. The molecule has 0 fully saturated rings. The Morgan fingerprint density at radius 1 is 1.56 bits per heavy atom. The lowest BCUT2D eigenvalue weighted by atomic mass is 10.2. The van der Waals surface area contributed by atoms with Crippen molar-refractivity contribution in [2.45, 2.75) is 32.9 Å². The highest BCUT2D eigenvalue weighted by molar-refractivity contribution is 5.21. The molecular weight excluding hydrogens is 204 g/mol. The van der Waals surface area contributed by atoms with Crippen LogP contribution in [0.2, 0.25) is 0 Å². The number of imidazole rings is 1. The van der Waals surface area contributed by atoms with Crippen LogP contribution in [0.5, 0.6) is 0 Å². The van der Waals surface area contributed by atoms with Gasteiger partial charge in [0, 0.05) is 24.5 Å². The SMILES string of the molecule is CCCn1ccnc1C(O)c1coc(C)c1. The second-order valence-electron chi connectivity index (χ2n) is 3.87. The third-order valence-corrected chi connectivity index (χ3v) is 2.52. The predicted molar refractivity (Wildman–Crippen MR) is 60.0 cm³/mol. The zero-order valence-corrected chi connectivity index (χ0v) is 9.55. The lowest BCUT2D eigenvalue weighted by molar-refractivity contribution is 0.203. The van der Waals surface area contributed by atoms with Crippen molar-refractivity contribution in [1.82, 2.24) is 9.55 Å². The number of aromatic nitrogens is 2. The number of rotatable bonds is 4. The van der Waals surface area contributed by atoms with Gasteiger partial charge >= 0.3 is 0 Å². The van der Waals surface area contributed by atoms with Gasteiger partial charge in [-0.25, -0.2) is 4.98 Å². The van der Waals surface area contributed by atoms with Crippen molar-refractivity contribution in [2.24, 2.45) is 0 Å². The molecule has 86 valence electrons. The van der Waals surface area contributed by atoms with Crippen molar-refractivity contribution in [3.05, 3.63) is 41.9 Å². The van der Waals surface area contributed by atoms with Crippen LogP contribution in [-0.4, -0.2) is 14.7 Å². The van der Waals surface area contributed by atoms with E-state index in [9.17, 15) is 5.11 Å². The van der Waals surface area contributed by atoms with Crippen LogP contribution in [0.4, 0.5) is 0 Å². The molecule has 2 rings (SSSR count). The van der Waals surface area contributed by atoms with Gasteiger partial charge < -0.3 is 14.1 Å². The van der Waals surface area contributed by atoms with E-state index in [1.54, 1.807) is 12.5 Å². The highest BCUT2D eigenvalue weighted by atomic mass is 16.3. The summed E-state index contributed by atoms with van der Waals surface area (Å²) in [5.74, 6) is 1.46. The molecule has 2 aromatic heterocycles. The average Bonchev–Trinajstić information content (AvgIpc) is 2.87. The van der Waals surface area contributed by atoms with Gasteiger partial charge in [-0.15, -0.1) is 0 Å². The van der Waals surface area contributed by atoms with Crippen molar-refractivity contribution in [2.75, 3.05) is 0 Å². The minimum atomic E-state index is -0.709. The molecule has 0 aliphatic carbocycles. The molecule has 1 atom stereocenters. The van der Waals surface area contributed by atoms with Crippen LogP contribution < -0.4 is 0 Å². The van der Waals surface area contributed by atoms with Gasteiger partial charge in [-0.05, 0) is 19.4 Å². The van der Waals surface area contributed by atoms with E-state index in [0.29, 0.717) is 5.82 Å². The molecule has 0 radical (unpaired) electrons. The minimum absolute atomic E-state index is 0.669. The van der Waals surface area contributed by atoms with Gasteiger partial charge in [0.1, 0.15) is 17.7 Å². The normalized spacial score (nSPS) is 12.9. The Bertz CT molecular complexity index is 459. The van der Waals surface area contributed by atoms with Gasteiger partial charge in [0.25, 0.3) is 0 Å². The summed E-state index contributed by atoms with van der Waals surface area (Å²) in [6, 6.07) is 1.83. The number of nitrogens with zero attached hydrogens (tertiary/aromatic N) is 2. The van der Waals surface area contributed by atoms with Gasteiger partial charge in [0.15, 0.2) is 0 Å². The summed E-state index contributed by atoms with van der Waals surface area (Å²) in [7, 11) is 0. The smallest absolute Gasteiger partial charge is 0.142 e. The van der Waals surface area contributed by atoms with Gasteiger partial charge in [-0.1, -0.05) is 6.92 Å². The maximum Gasteiger partial charge on any atom is 0.142 e. The van der Waals surface area contributed by atoms with E-state index in [0.717, 1.165) is 24.3 Å². The first-order valence-corrected chi connectivity index (χ1v) is 5.46. The second-order valence-corrected chi connectivity index (χ2v) is 3.87. The first-order chi connectivity index (χ1) is 7.72. The number of aliphatic hydroxyl groups excluding tert-OH is 1. The molecule has 0 amide bonds. The molecule has 1 N–H and O–H groups in total. The number of furan rings is 1. The van der Waals surface area contributed by atoms with Gasteiger partial charge in [0.05, 0.1) is 6.26 Å². The van der Waals surface area contributed by atoms with Crippen molar-refractivity contribution in [1.29, 1.82) is 0 Å². The molecule has 0 spiro atoms.